The van der Waals surface area contributed by atoms with Gasteiger partial charge in [-0.15, -0.1) is 17.5 Å². The van der Waals surface area contributed by atoms with Crippen LogP contribution in [0.25, 0.3) is 5.69 Å². The van der Waals surface area contributed by atoms with Gasteiger partial charge in [-0.1, -0.05) is 18.2 Å². The van der Waals surface area contributed by atoms with Crippen LogP contribution in [0, 0.1) is 0 Å². The molecule has 1 saturated heterocycles. The molecule has 0 bridgehead atoms. The van der Waals surface area contributed by atoms with Gasteiger partial charge >= 0.3 is 0 Å². The lowest BCUT2D eigenvalue weighted by molar-refractivity contribution is -0.0169. The fourth-order valence-corrected chi connectivity index (χ4v) is 2.26. The minimum atomic E-state index is -0.140. The summed E-state index contributed by atoms with van der Waals surface area (Å²) in [7, 11) is 0. The van der Waals surface area contributed by atoms with Gasteiger partial charge in [0, 0.05) is 19.6 Å². The van der Waals surface area contributed by atoms with Gasteiger partial charge < -0.3 is 15.4 Å². The van der Waals surface area contributed by atoms with Gasteiger partial charge in [0.25, 0.3) is 5.91 Å². The number of amides is 1. The number of benzene rings is 1. The van der Waals surface area contributed by atoms with E-state index in [1.165, 1.54) is 11.0 Å². The second-order valence-corrected chi connectivity index (χ2v) is 4.83. The Labute approximate surface area is 134 Å². The first-order valence-corrected chi connectivity index (χ1v) is 6.86. The first-order valence-electron chi connectivity index (χ1n) is 6.86. The summed E-state index contributed by atoms with van der Waals surface area (Å²) in [6, 6.07) is 9.47. The van der Waals surface area contributed by atoms with Crippen molar-refractivity contribution in [1.82, 2.24) is 19.9 Å². The highest BCUT2D eigenvalue weighted by Gasteiger charge is 2.26. The van der Waals surface area contributed by atoms with Crippen LogP contribution >= 0.6 is 12.4 Å². The van der Waals surface area contributed by atoms with Gasteiger partial charge in [-0.05, 0) is 12.1 Å². The molecule has 0 spiro atoms. The number of hydrogen-bond donors (Lipinski definition) is 1. The maximum absolute atomic E-state index is 12.4. The van der Waals surface area contributed by atoms with E-state index < -0.39 is 0 Å². The molecular weight excluding hydrogens is 306 g/mol. The first-order chi connectivity index (χ1) is 10.3. The molecule has 1 amide bonds. The molecule has 1 aromatic heterocycles. The Balaban J connectivity index is 0.00000176. The van der Waals surface area contributed by atoms with Crippen LogP contribution in [0.15, 0.2) is 36.5 Å². The molecule has 2 N–H and O–H groups in total. The number of rotatable bonds is 3. The van der Waals surface area contributed by atoms with E-state index in [0.29, 0.717) is 31.9 Å². The molecule has 1 atom stereocenters. The van der Waals surface area contributed by atoms with Crippen LogP contribution in [0.2, 0.25) is 0 Å². The van der Waals surface area contributed by atoms with Crippen molar-refractivity contribution in [2.45, 2.75) is 6.10 Å². The van der Waals surface area contributed by atoms with E-state index in [0.717, 1.165) is 5.69 Å². The number of halogens is 1. The smallest absolute Gasteiger partial charge is 0.276 e. The van der Waals surface area contributed by atoms with E-state index >= 15 is 0 Å². The summed E-state index contributed by atoms with van der Waals surface area (Å²) in [6.45, 7) is 1.95. The van der Waals surface area contributed by atoms with Gasteiger partial charge in [-0.2, -0.15) is 9.90 Å². The summed E-state index contributed by atoms with van der Waals surface area (Å²) in [6.07, 6.45) is 1.38. The van der Waals surface area contributed by atoms with Gasteiger partial charge in [-0.3, -0.25) is 4.79 Å². The zero-order valence-electron chi connectivity index (χ0n) is 12.0. The van der Waals surface area contributed by atoms with E-state index in [4.69, 9.17) is 10.5 Å². The first kappa shape index (κ1) is 16.4. The fourth-order valence-electron chi connectivity index (χ4n) is 2.26. The Bertz CT molecular complexity index is 619. The number of aromatic nitrogens is 3. The molecule has 0 saturated carbocycles. The lowest BCUT2D eigenvalue weighted by atomic mass is 10.2. The maximum atomic E-state index is 12.4. The Morgan fingerprint density at radius 1 is 1.36 bits per heavy atom. The predicted octanol–water partition coefficient (Wildman–Crippen LogP) is 0.489. The molecule has 2 aromatic rings. The summed E-state index contributed by atoms with van der Waals surface area (Å²) in [5.41, 5.74) is 6.74. The highest BCUT2D eigenvalue weighted by Crippen LogP contribution is 2.10. The molecule has 7 nitrogen and oxygen atoms in total. The molecule has 0 aliphatic carbocycles. The SMILES string of the molecule is Cl.NCC1CN(C(=O)c2cnn(-c3ccccc3)n2)CCO1. The van der Waals surface area contributed by atoms with Crippen LogP contribution in [0.3, 0.4) is 0 Å². The summed E-state index contributed by atoms with van der Waals surface area (Å²) in [5, 5.41) is 8.39. The monoisotopic (exact) mass is 323 g/mol. The van der Waals surface area contributed by atoms with Crippen molar-refractivity contribution in [2.24, 2.45) is 5.73 Å². The summed E-state index contributed by atoms with van der Waals surface area (Å²) in [5.74, 6) is -0.140. The average Bonchev–Trinajstić information content (AvgIpc) is 3.05. The quantitative estimate of drug-likeness (QED) is 0.888. The van der Waals surface area contributed by atoms with E-state index in [1.54, 1.807) is 4.90 Å². The summed E-state index contributed by atoms with van der Waals surface area (Å²) < 4.78 is 5.46. The van der Waals surface area contributed by atoms with Crippen molar-refractivity contribution >= 4 is 18.3 Å². The van der Waals surface area contributed by atoms with E-state index in [1.807, 2.05) is 30.3 Å². The molecule has 3 rings (SSSR count). The number of para-hydroxylation sites is 1. The topological polar surface area (TPSA) is 86.3 Å². The molecule has 8 heteroatoms. The van der Waals surface area contributed by atoms with Crippen LogP contribution in [0.4, 0.5) is 0 Å². The van der Waals surface area contributed by atoms with E-state index in [-0.39, 0.29) is 24.4 Å². The molecular formula is C14H18ClN5O2. The Morgan fingerprint density at radius 2 is 2.14 bits per heavy atom. The zero-order valence-corrected chi connectivity index (χ0v) is 12.8. The number of ether oxygens (including phenoxy) is 1. The van der Waals surface area contributed by atoms with Crippen LogP contribution in [-0.2, 0) is 4.74 Å². The Hall–Kier alpha value is -1.96. The highest BCUT2D eigenvalue weighted by molar-refractivity contribution is 5.92. The van der Waals surface area contributed by atoms with Gasteiger partial charge in [0.1, 0.15) is 0 Å². The number of carbonyl (C=O) groups excluding carboxylic acids is 1. The normalized spacial score (nSPS) is 17.9. The zero-order chi connectivity index (χ0) is 14.7. The number of hydrogen-bond acceptors (Lipinski definition) is 5. The number of nitrogens with zero attached hydrogens (tertiary/aromatic N) is 4. The van der Waals surface area contributed by atoms with Crippen LogP contribution in [-0.4, -0.2) is 58.1 Å². The minimum Gasteiger partial charge on any atom is -0.373 e. The summed E-state index contributed by atoms with van der Waals surface area (Å²) in [4.78, 5) is 15.6. The molecule has 1 fully saturated rings. The van der Waals surface area contributed by atoms with Gasteiger partial charge in [0.05, 0.1) is 24.6 Å². The fraction of sp³-hybridized carbons (Fsp3) is 0.357. The van der Waals surface area contributed by atoms with Crippen molar-refractivity contribution in [3.8, 4) is 5.69 Å². The number of morpholine rings is 1. The average molecular weight is 324 g/mol. The van der Waals surface area contributed by atoms with Crippen molar-refractivity contribution in [1.29, 1.82) is 0 Å². The van der Waals surface area contributed by atoms with Gasteiger partial charge in [0.2, 0.25) is 0 Å². The highest BCUT2D eigenvalue weighted by atomic mass is 35.5. The van der Waals surface area contributed by atoms with Gasteiger partial charge in [-0.25, -0.2) is 0 Å². The van der Waals surface area contributed by atoms with E-state index in [2.05, 4.69) is 10.2 Å². The van der Waals surface area contributed by atoms with Crippen molar-refractivity contribution in [3.05, 3.63) is 42.2 Å². The second-order valence-electron chi connectivity index (χ2n) is 4.83. The molecule has 118 valence electrons. The Kier molecular flexibility index (Phi) is 5.48. The molecule has 22 heavy (non-hydrogen) atoms. The summed E-state index contributed by atoms with van der Waals surface area (Å²) >= 11 is 0. The lowest BCUT2D eigenvalue weighted by Crippen LogP contribution is -2.48. The van der Waals surface area contributed by atoms with Crippen molar-refractivity contribution < 1.29 is 9.53 Å². The van der Waals surface area contributed by atoms with Crippen LogP contribution in [0.5, 0.6) is 0 Å². The lowest BCUT2D eigenvalue weighted by Gasteiger charge is -2.31. The molecule has 2 heterocycles. The molecule has 1 aliphatic rings. The standard InChI is InChI=1S/C14H17N5O2.ClH/c15-8-12-10-18(6-7-21-12)14(20)13-9-16-19(17-13)11-4-2-1-3-5-11;/h1-5,9,12H,6-8,10,15H2;1H. The third kappa shape index (κ3) is 3.44. The molecule has 1 aromatic carbocycles. The van der Waals surface area contributed by atoms with Crippen LogP contribution in [0.1, 0.15) is 10.5 Å². The molecule has 0 radical (unpaired) electrons. The third-order valence-corrected chi connectivity index (χ3v) is 3.39. The molecule has 1 unspecified atom stereocenters. The van der Waals surface area contributed by atoms with Gasteiger partial charge in [0.15, 0.2) is 5.69 Å². The third-order valence-electron chi connectivity index (χ3n) is 3.39. The Morgan fingerprint density at radius 3 is 2.86 bits per heavy atom. The number of carbonyl (C=O) groups is 1. The number of nitrogens with two attached hydrogens (primary N) is 1. The van der Waals surface area contributed by atoms with Crippen LogP contribution < -0.4 is 5.73 Å². The molecule has 1 aliphatic heterocycles. The largest absolute Gasteiger partial charge is 0.373 e. The van der Waals surface area contributed by atoms with Crippen molar-refractivity contribution in [2.75, 3.05) is 26.2 Å². The van der Waals surface area contributed by atoms with E-state index in [9.17, 15) is 4.79 Å². The minimum absolute atomic E-state index is 0. The van der Waals surface area contributed by atoms with Crippen molar-refractivity contribution in [3.63, 3.8) is 0 Å². The maximum Gasteiger partial charge on any atom is 0.276 e. The second kappa shape index (κ2) is 7.35. The predicted molar refractivity (Wildman–Crippen MR) is 83.3 cm³/mol.